The van der Waals surface area contributed by atoms with Crippen molar-refractivity contribution in [3.63, 3.8) is 0 Å². The van der Waals surface area contributed by atoms with Crippen molar-refractivity contribution in [2.45, 2.75) is 45.6 Å². The predicted molar refractivity (Wildman–Crippen MR) is 68.8 cm³/mol. The van der Waals surface area contributed by atoms with Crippen molar-refractivity contribution < 1.29 is 9.53 Å². The van der Waals surface area contributed by atoms with E-state index in [1.54, 1.807) is 0 Å². The molecule has 1 aliphatic rings. The highest BCUT2D eigenvalue weighted by molar-refractivity contribution is 5.67. The summed E-state index contributed by atoms with van der Waals surface area (Å²) in [5.74, 6) is 0. The van der Waals surface area contributed by atoms with Gasteiger partial charge < -0.3 is 15.0 Å². The summed E-state index contributed by atoms with van der Waals surface area (Å²) in [7, 11) is 0. The topological polar surface area (TPSA) is 41.6 Å². The number of amides is 1. The minimum atomic E-state index is -0.448. The van der Waals surface area contributed by atoms with Crippen LogP contribution in [0.1, 0.15) is 40.0 Å². The first kappa shape index (κ1) is 13.9. The third-order valence-electron chi connectivity index (χ3n) is 2.64. The normalized spacial score (nSPS) is 16.5. The van der Waals surface area contributed by atoms with Crippen molar-refractivity contribution in [2.75, 3.05) is 19.6 Å². The maximum Gasteiger partial charge on any atom is 0.407 e. The Kier molecular flexibility index (Phi) is 4.85. The summed E-state index contributed by atoms with van der Waals surface area (Å²) in [5, 5.41) is 2.73. The van der Waals surface area contributed by atoms with E-state index < -0.39 is 5.60 Å². The highest BCUT2D eigenvalue weighted by Crippen LogP contribution is 2.13. The van der Waals surface area contributed by atoms with Gasteiger partial charge in [-0.1, -0.05) is 6.58 Å². The van der Waals surface area contributed by atoms with Crippen LogP contribution in [0.15, 0.2) is 12.3 Å². The van der Waals surface area contributed by atoms with Crippen LogP contribution in [0, 0.1) is 0 Å². The maximum atomic E-state index is 11.5. The minimum Gasteiger partial charge on any atom is -0.444 e. The molecule has 4 heteroatoms. The van der Waals surface area contributed by atoms with Gasteiger partial charge in [-0.15, -0.1) is 0 Å². The molecule has 0 unspecified atom stereocenters. The third kappa shape index (κ3) is 5.61. The number of carbonyl (C=O) groups excluding carboxylic acids is 1. The van der Waals surface area contributed by atoms with Crippen LogP contribution in [-0.2, 0) is 4.74 Å². The molecule has 17 heavy (non-hydrogen) atoms. The van der Waals surface area contributed by atoms with Gasteiger partial charge in [0.15, 0.2) is 0 Å². The molecule has 0 radical (unpaired) electrons. The molecule has 1 aliphatic heterocycles. The molecule has 98 valence electrons. The number of carbonyl (C=O) groups is 1. The summed E-state index contributed by atoms with van der Waals surface area (Å²) in [4.78, 5) is 13.7. The molecule has 1 rings (SSSR count). The Bertz CT molecular complexity index is 276. The van der Waals surface area contributed by atoms with E-state index in [-0.39, 0.29) is 6.09 Å². The van der Waals surface area contributed by atoms with Gasteiger partial charge in [-0.3, -0.25) is 0 Å². The van der Waals surface area contributed by atoms with Crippen LogP contribution in [0.25, 0.3) is 0 Å². The van der Waals surface area contributed by atoms with Crippen LogP contribution >= 0.6 is 0 Å². The monoisotopic (exact) mass is 240 g/mol. The summed E-state index contributed by atoms with van der Waals surface area (Å²) in [5.41, 5.74) is 0.520. The van der Waals surface area contributed by atoms with Gasteiger partial charge in [-0.05, 0) is 40.0 Å². The van der Waals surface area contributed by atoms with E-state index in [1.165, 1.54) is 19.3 Å². The molecule has 1 fully saturated rings. The van der Waals surface area contributed by atoms with Gasteiger partial charge in [0.2, 0.25) is 0 Å². The molecule has 1 heterocycles. The standard InChI is InChI=1S/C13H24N2O2/c1-11(15-8-6-5-7-9-15)10-14-12(16)17-13(2,3)4/h1,5-10H2,2-4H3,(H,14,16). The van der Waals surface area contributed by atoms with E-state index in [4.69, 9.17) is 4.74 Å². The highest BCUT2D eigenvalue weighted by Gasteiger charge is 2.17. The van der Waals surface area contributed by atoms with Crippen molar-refractivity contribution in [2.24, 2.45) is 0 Å². The lowest BCUT2D eigenvalue weighted by atomic mass is 10.1. The Hall–Kier alpha value is -1.19. The van der Waals surface area contributed by atoms with Crippen molar-refractivity contribution in [1.29, 1.82) is 0 Å². The first-order valence-corrected chi connectivity index (χ1v) is 6.28. The van der Waals surface area contributed by atoms with Crippen LogP contribution < -0.4 is 5.32 Å². The van der Waals surface area contributed by atoms with Gasteiger partial charge in [0.25, 0.3) is 0 Å². The Balaban J connectivity index is 2.25. The molecule has 1 saturated heterocycles. The van der Waals surface area contributed by atoms with E-state index >= 15 is 0 Å². The average Bonchev–Trinajstić information content (AvgIpc) is 2.25. The Labute approximate surface area is 104 Å². The number of alkyl carbamates (subject to hydrolysis) is 1. The van der Waals surface area contributed by atoms with Crippen molar-refractivity contribution in [3.05, 3.63) is 12.3 Å². The number of nitrogens with zero attached hydrogens (tertiary/aromatic N) is 1. The molecule has 1 amide bonds. The summed E-state index contributed by atoms with van der Waals surface area (Å²) in [6.45, 7) is 12.1. The molecule has 0 aromatic carbocycles. The first-order valence-electron chi connectivity index (χ1n) is 6.28. The number of rotatable bonds is 3. The number of nitrogens with one attached hydrogen (secondary N) is 1. The summed E-state index contributed by atoms with van der Waals surface area (Å²) in [6.07, 6.45) is 3.34. The van der Waals surface area contributed by atoms with Gasteiger partial charge >= 0.3 is 6.09 Å². The van der Waals surface area contributed by atoms with Gasteiger partial charge in [0.1, 0.15) is 5.60 Å². The van der Waals surface area contributed by atoms with E-state index in [0.717, 1.165) is 18.8 Å². The molecule has 0 saturated carbocycles. The average molecular weight is 240 g/mol. The van der Waals surface area contributed by atoms with E-state index in [2.05, 4.69) is 16.8 Å². The van der Waals surface area contributed by atoms with Gasteiger partial charge in [0.05, 0.1) is 6.54 Å². The second kappa shape index (κ2) is 5.94. The number of ether oxygens (including phenoxy) is 1. The number of piperidine rings is 1. The van der Waals surface area contributed by atoms with Crippen molar-refractivity contribution in [1.82, 2.24) is 10.2 Å². The van der Waals surface area contributed by atoms with Gasteiger partial charge in [-0.25, -0.2) is 4.79 Å². The van der Waals surface area contributed by atoms with Crippen LogP contribution in [0.4, 0.5) is 4.79 Å². The quantitative estimate of drug-likeness (QED) is 0.824. The van der Waals surface area contributed by atoms with E-state index in [9.17, 15) is 4.79 Å². The molecule has 0 spiro atoms. The molecule has 0 atom stereocenters. The van der Waals surface area contributed by atoms with Crippen LogP contribution in [-0.4, -0.2) is 36.2 Å². The second-order valence-electron chi connectivity index (χ2n) is 5.47. The van der Waals surface area contributed by atoms with Gasteiger partial charge in [0, 0.05) is 18.8 Å². The first-order chi connectivity index (χ1) is 7.88. The van der Waals surface area contributed by atoms with Crippen molar-refractivity contribution >= 4 is 6.09 Å². The van der Waals surface area contributed by atoms with Crippen LogP contribution in [0.5, 0.6) is 0 Å². The molecule has 0 aromatic heterocycles. The smallest absolute Gasteiger partial charge is 0.407 e. The fourth-order valence-electron chi connectivity index (χ4n) is 1.81. The zero-order valence-corrected chi connectivity index (χ0v) is 11.2. The van der Waals surface area contributed by atoms with Crippen LogP contribution in [0.3, 0.4) is 0 Å². The molecule has 0 bridgehead atoms. The zero-order valence-electron chi connectivity index (χ0n) is 11.2. The summed E-state index contributed by atoms with van der Waals surface area (Å²) < 4.78 is 5.17. The van der Waals surface area contributed by atoms with Crippen molar-refractivity contribution in [3.8, 4) is 0 Å². The predicted octanol–water partition coefficient (Wildman–Crippen LogP) is 2.51. The lowest BCUT2D eigenvalue weighted by molar-refractivity contribution is 0.0528. The SMILES string of the molecule is C=C(CNC(=O)OC(C)(C)C)N1CCCCC1. The van der Waals surface area contributed by atoms with Gasteiger partial charge in [-0.2, -0.15) is 0 Å². The number of likely N-dealkylation sites (tertiary alicyclic amines) is 1. The number of hydrogen-bond acceptors (Lipinski definition) is 3. The molecular weight excluding hydrogens is 216 g/mol. The fraction of sp³-hybridized carbons (Fsp3) is 0.769. The third-order valence-corrected chi connectivity index (χ3v) is 2.64. The molecule has 1 N–H and O–H groups in total. The largest absolute Gasteiger partial charge is 0.444 e. The fourth-order valence-corrected chi connectivity index (χ4v) is 1.81. The summed E-state index contributed by atoms with van der Waals surface area (Å²) in [6, 6.07) is 0. The summed E-state index contributed by atoms with van der Waals surface area (Å²) >= 11 is 0. The molecule has 0 aromatic rings. The highest BCUT2D eigenvalue weighted by atomic mass is 16.6. The lowest BCUT2D eigenvalue weighted by Gasteiger charge is -2.30. The maximum absolute atomic E-state index is 11.5. The Morgan fingerprint density at radius 1 is 1.29 bits per heavy atom. The molecular formula is C13H24N2O2. The molecule has 0 aliphatic carbocycles. The van der Waals surface area contributed by atoms with E-state index in [0.29, 0.717) is 6.54 Å². The van der Waals surface area contributed by atoms with Crippen LogP contribution in [0.2, 0.25) is 0 Å². The molecule has 4 nitrogen and oxygen atoms in total. The minimum absolute atomic E-state index is 0.379. The zero-order chi connectivity index (χ0) is 12.9. The van der Waals surface area contributed by atoms with E-state index in [1.807, 2.05) is 20.8 Å². The Morgan fingerprint density at radius 3 is 2.41 bits per heavy atom. The lowest BCUT2D eigenvalue weighted by Crippen LogP contribution is -2.38. The Morgan fingerprint density at radius 2 is 1.88 bits per heavy atom. The number of hydrogen-bond donors (Lipinski definition) is 1. The second-order valence-corrected chi connectivity index (χ2v) is 5.47.